The van der Waals surface area contributed by atoms with Crippen molar-refractivity contribution in [2.75, 3.05) is 0 Å². The fraction of sp³-hybridized carbons (Fsp3) is 1.00. The minimum Gasteiger partial charge on any atom is -0.393 e. The predicted molar refractivity (Wildman–Crippen MR) is 116 cm³/mol. The summed E-state index contributed by atoms with van der Waals surface area (Å²) in [6.45, 7) is 11.6. The quantitative estimate of drug-likeness (QED) is 0.600. The molecule has 2 heteroatoms. The van der Waals surface area contributed by atoms with Gasteiger partial charge in [-0.1, -0.05) is 27.7 Å². The van der Waals surface area contributed by atoms with Crippen molar-refractivity contribution in [3.63, 3.8) is 0 Å². The van der Waals surface area contributed by atoms with E-state index in [4.69, 9.17) is 0 Å². The maximum Gasteiger partial charge on any atom is 0.0622 e. The average Bonchev–Trinajstić information content (AvgIpc) is 2.96. The van der Waals surface area contributed by atoms with Gasteiger partial charge in [-0.3, -0.25) is 0 Å². The molecule has 162 valence electrons. The lowest BCUT2D eigenvalue weighted by atomic mass is 9.44. The molecule has 0 spiro atoms. The van der Waals surface area contributed by atoms with Crippen LogP contribution in [0, 0.1) is 46.3 Å². The van der Waals surface area contributed by atoms with Gasteiger partial charge in [0.05, 0.1) is 11.7 Å². The lowest BCUT2D eigenvalue weighted by molar-refractivity contribution is -0.146. The molecular formula is C26H46O2. The maximum absolute atomic E-state index is 10.7. The number of aliphatic hydroxyl groups is 2. The van der Waals surface area contributed by atoms with Gasteiger partial charge in [-0.25, -0.2) is 0 Å². The van der Waals surface area contributed by atoms with Crippen LogP contribution in [0.2, 0.25) is 0 Å². The van der Waals surface area contributed by atoms with Crippen molar-refractivity contribution in [2.45, 2.75) is 117 Å². The Labute approximate surface area is 173 Å². The van der Waals surface area contributed by atoms with E-state index in [0.29, 0.717) is 16.7 Å². The Morgan fingerprint density at radius 2 is 1.57 bits per heavy atom. The first kappa shape index (κ1) is 21.2. The van der Waals surface area contributed by atoms with Gasteiger partial charge in [0.15, 0.2) is 0 Å². The molecule has 0 saturated heterocycles. The SMILES string of the molecule is CC(C)C(O)CCC1CCC2C3CCC4CC(C)(O)CCC4(C)C3CCC12C. The van der Waals surface area contributed by atoms with Gasteiger partial charge < -0.3 is 10.2 Å². The second-order valence-electron chi connectivity index (χ2n) is 12.6. The van der Waals surface area contributed by atoms with Crippen LogP contribution in [-0.4, -0.2) is 21.9 Å². The van der Waals surface area contributed by atoms with Crippen molar-refractivity contribution in [1.29, 1.82) is 0 Å². The van der Waals surface area contributed by atoms with E-state index in [2.05, 4.69) is 34.6 Å². The molecular weight excluding hydrogens is 344 g/mol. The lowest BCUT2D eigenvalue weighted by Gasteiger charge is -2.62. The second kappa shape index (κ2) is 7.26. The van der Waals surface area contributed by atoms with Gasteiger partial charge >= 0.3 is 0 Å². The Morgan fingerprint density at radius 3 is 2.29 bits per heavy atom. The molecule has 0 aromatic carbocycles. The predicted octanol–water partition coefficient (Wildman–Crippen LogP) is 6.19. The molecule has 4 rings (SSSR count). The molecule has 4 aliphatic carbocycles. The fourth-order valence-electron chi connectivity index (χ4n) is 8.72. The standard InChI is InChI=1S/C26H46O2/c1-17(2)23(27)11-8-18-7-10-21-20-9-6-19-16-24(3,28)14-15-26(19,5)22(20)12-13-25(18,21)4/h17-23,27-28H,6-16H2,1-5H3. The first-order valence-electron chi connectivity index (χ1n) is 12.5. The highest BCUT2D eigenvalue weighted by molar-refractivity contribution is 5.10. The smallest absolute Gasteiger partial charge is 0.0622 e. The number of hydrogen-bond acceptors (Lipinski definition) is 2. The number of aliphatic hydroxyl groups excluding tert-OH is 1. The summed E-state index contributed by atoms with van der Waals surface area (Å²) in [7, 11) is 0. The Hall–Kier alpha value is -0.0800. The molecule has 0 aliphatic heterocycles. The van der Waals surface area contributed by atoms with Crippen LogP contribution in [0.5, 0.6) is 0 Å². The minimum atomic E-state index is -0.421. The van der Waals surface area contributed by atoms with Crippen molar-refractivity contribution >= 4 is 0 Å². The lowest BCUT2D eigenvalue weighted by Crippen LogP contribution is -2.55. The third kappa shape index (κ3) is 3.39. The fourth-order valence-corrected chi connectivity index (χ4v) is 8.72. The number of fused-ring (bicyclic) bond motifs is 5. The van der Waals surface area contributed by atoms with Crippen LogP contribution >= 0.6 is 0 Å². The van der Waals surface area contributed by atoms with Gasteiger partial charge in [-0.2, -0.15) is 0 Å². The summed E-state index contributed by atoms with van der Waals surface area (Å²) in [5.41, 5.74) is 0.565. The highest BCUT2D eigenvalue weighted by Gasteiger charge is 2.60. The van der Waals surface area contributed by atoms with Crippen molar-refractivity contribution < 1.29 is 10.2 Å². The topological polar surface area (TPSA) is 40.5 Å². The summed E-state index contributed by atoms with van der Waals surface area (Å²) in [5, 5.41) is 21.0. The minimum absolute atomic E-state index is 0.122. The summed E-state index contributed by atoms with van der Waals surface area (Å²) in [5.74, 6) is 4.67. The number of rotatable bonds is 4. The molecule has 9 unspecified atom stereocenters. The van der Waals surface area contributed by atoms with Crippen LogP contribution in [0.15, 0.2) is 0 Å². The van der Waals surface area contributed by atoms with E-state index < -0.39 is 5.60 Å². The highest BCUT2D eigenvalue weighted by atomic mass is 16.3. The van der Waals surface area contributed by atoms with Crippen molar-refractivity contribution in [3.8, 4) is 0 Å². The molecule has 0 amide bonds. The molecule has 9 atom stereocenters. The van der Waals surface area contributed by atoms with E-state index in [9.17, 15) is 10.2 Å². The summed E-state index contributed by atoms with van der Waals surface area (Å²) in [6, 6.07) is 0. The van der Waals surface area contributed by atoms with E-state index in [-0.39, 0.29) is 6.10 Å². The zero-order valence-electron chi connectivity index (χ0n) is 19.2. The first-order chi connectivity index (χ1) is 13.1. The summed E-state index contributed by atoms with van der Waals surface area (Å²) < 4.78 is 0. The molecule has 0 aromatic heterocycles. The zero-order chi connectivity index (χ0) is 20.3. The van der Waals surface area contributed by atoms with Crippen molar-refractivity contribution in [1.82, 2.24) is 0 Å². The van der Waals surface area contributed by atoms with E-state index in [1.165, 1.54) is 51.4 Å². The van der Waals surface area contributed by atoms with Gasteiger partial charge in [0.2, 0.25) is 0 Å². The highest BCUT2D eigenvalue weighted by Crippen LogP contribution is 2.68. The van der Waals surface area contributed by atoms with Crippen LogP contribution in [-0.2, 0) is 0 Å². The molecule has 0 radical (unpaired) electrons. The van der Waals surface area contributed by atoms with Crippen LogP contribution in [0.4, 0.5) is 0 Å². The Balaban J connectivity index is 1.48. The second-order valence-corrected chi connectivity index (χ2v) is 12.6. The molecule has 4 saturated carbocycles. The van der Waals surface area contributed by atoms with Crippen LogP contribution in [0.1, 0.15) is 105 Å². The van der Waals surface area contributed by atoms with Gasteiger partial charge in [0.25, 0.3) is 0 Å². The molecule has 2 N–H and O–H groups in total. The number of hydrogen-bond donors (Lipinski definition) is 2. The zero-order valence-corrected chi connectivity index (χ0v) is 19.2. The van der Waals surface area contributed by atoms with Crippen LogP contribution < -0.4 is 0 Å². The molecule has 0 bridgehead atoms. The van der Waals surface area contributed by atoms with Crippen molar-refractivity contribution in [2.24, 2.45) is 46.3 Å². The van der Waals surface area contributed by atoms with Gasteiger partial charge in [-0.15, -0.1) is 0 Å². The van der Waals surface area contributed by atoms with Gasteiger partial charge in [-0.05, 0) is 124 Å². The van der Waals surface area contributed by atoms with E-state index in [1.54, 1.807) is 0 Å². The van der Waals surface area contributed by atoms with Crippen LogP contribution in [0.25, 0.3) is 0 Å². The van der Waals surface area contributed by atoms with E-state index in [1.807, 2.05) is 0 Å². The normalized spacial score (nSPS) is 52.1. The molecule has 4 aliphatic rings. The third-order valence-corrected chi connectivity index (χ3v) is 10.7. The summed E-state index contributed by atoms with van der Waals surface area (Å²) in [6.07, 6.45) is 13.8. The van der Waals surface area contributed by atoms with Crippen LogP contribution in [0.3, 0.4) is 0 Å². The summed E-state index contributed by atoms with van der Waals surface area (Å²) >= 11 is 0. The summed E-state index contributed by atoms with van der Waals surface area (Å²) in [4.78, 5) is 0. The van der Waals surface area contributed by atoms with E-state index >= 15 is 0 Å². The maximum atomic E-state index is 10.7. The van der Waals surface area contributed by atoms with Gasteiger partial charge in [0.1, 0.15) is 0 Å². The molecule has 28 heavy (non-hydrogen) atoms. The molecule has 2 nitrogen and oxygen atoms in total. The first-order valence-corrected chi connectivity index (χ1v) is 12.5. The van der Waals surface area contributed by atoms with Crippen molar-refractivity contribution in [3.05, 3.63) is 0 Å². The molecule has 0 heterocycles. The Morgan fingerprint density at radius 1 is 0.857 bits per heavy atom. The van der Waals surface area contributed by atoms with E-state index in [0.717, 1.165) is 48.9 Å². The van der Waals surface area contributed by atoms with Gasteiger partial charge in [0, 0.05) is 0 Å². The molecule has 0 aromatic rings. The monoisotopic (exact) mass is 390 g/mol. The third-order valence-electron chi connectivity index (χ3n) is 10.7. The average molecular weight is 391 g/mol. The Kier molecular flexibility index (Phi) is 5.49. The largest absolute Gasteiger partial charge is 0.393 e. The Bertz CT molecular complexity index is 569. The molecule has 4 fully saturated rings.